The highest BCUT2D eigenvalue weighted by molar-refractivity contribution is 5.90. The minimum Gasteiger partial charge on any atom is -0.510 e. The zero-order chi connectivity index (χ0) is 23.5. The van der Waals surface area contributed by atoms with Crippen LogP contribution in [0.25, 0.3) is 0 Å². The molecule has 164 valence electrons. The quantitative estimate of drug-likeness (QED) is 0.357. The summed E-state index contributed by atoms with van der Waals surface area (Å²) >= 11 is 0. The molecule has 0 amide bonds. The van der Waals surface area contributed by atoms with Gasteiger partial charge in [-0.3, -0.25) is 4.79 Å². The van der Waals surface area contributed by atoms with E-state index in [1.807, 2.05) is 32.1 Å². The van der Waals surface area contributed by atoms with Crippen molar-refractivity contribution in [3.63, 3.8) is 0 Å². The third-order valence-electron chi connectivity index (χ3n) is 3.46. The van der Waals surface area contributed by atoms with E-state index in [4.69, 9.17) is 5.73 Å². The fraction of sp³-hybridized carbons (Fsp3) is 0.269. The second-order valence-corrected chi connectivity index (χ2v) is 6.22. The van der Waals surface area contributed by atoms with Gasteiger partial charge in [0.1, 0.15) is 11.9 Å². The van der Waals surface area contributed by atoms with Gasteiger partial charge in [0.05, 0.1) is 0 Å². The van der Waals surface area contributed by atoms with Crippen LogP contribution in [0, 0.1) is 0 Å². The van der Waals surface area contributed by atoms with Crippen molar-refractivity contribution in [2.45, 2.75) is 47.1 Å². The van der Waals surface area contributed by atoms with Gasteiger partial charge in [-0.1, -0.05) is 75.1 Å². The van der Waals surface area contributed by atoms with Gasteiger partial charge in [-0.15, -0.1) is 0 Å². The molecule has 0 saturated heterocycles. The number of carbonyl (C=O) groups is 1. The van der Waals surface area contributed by atoms with Gasteiger partial charge in [-0.25, -0.2) is 0 Å². The highest BCUT2D eigenvalue weighted by Crippen LogP contribution is 2.27. The van der Waals surface area contributed by atoms with E-state index < -0.39 is 6.10 Å². The van der Waals surface area contributed by atoms with Gasteiger partial charge in [0.25, 0.3) is 0 Å². The second-order valence-electron chi connectivity index (χ2n) is 6.22. The molecule has 1 unspecified atom stereocenters. The first-order chi connectivity index (χ1) is 14.3. The van der Waals surface area contributed by atoms with Gasteiger partial charge in [-0.05, 0) is 68.3 Å². The Morgan fingerprint density at radius 1 is 1.13 bits per heavy atom. The predicted octanol–water partition coefficient (Wildman–Crippen LogP) is 5.94. The summed E-state index contributed by atoms with van der Waals surface area (Å²) in [6.45, 7) is 16.8. The summed E-state index contributed by atoms with van der Waals surface area (Å²) in [5, 5.41) is 19.1. The molecule has 1 aliphatic rings. The van der Waals surface area contributed by atoms with Crippen LogP contribution in [0.4, 0.5) is 0 Å². The SMILES string of the molecule is C=C/C=C\C=C(C)C.C=CC(=C\C=C/N)/C(=C\C(C)=O)C1=CCC(O)C(O)=C1.CC. The zero-order valence-corrected chi connectivity index (χ0v) is 18.9. The second kappa shape index (κ2) is 18.0. The summed E-state index contributed by atoms with van der Waals surface area (Å²) in [5.41, 5.74) is 8.61. The van der Waals surface area contributed by atoms with Gasteiger partial charge in [0, 0.05) is 0 Å². The average Bonchev–Trinajstić information content (AvgIpc) is 2.71. The van der Waals surface area contributed by atoms with Crippen LogP contribution in [0.5, 0.6) is 0 Å². The van der Waals surface area contributed by atoms with Crippen molar-refractivity contribution in [3.8, 4) is 0 Å². The largest absolute Gasteiger partial charge is 0.510 e. The van der Waals surface area contributed by atoms with Gasteiger partial charge < -0.3 is 15.9 Å². The third kappa shape index (κ3) is 13.1. The van der Waals surface area contributed by atoms with Gasteiger partial charge in [-0.2, -0.15) is 0 Å². The molecule has 0 aliphatic heterocycles. The Kier molecular flexibility index (Phi) is 17.4. The standard InChI is InChI=1S/C16H19NO3.C8H12.C2H6/c1-3-12(5-4-8-17)14(9-11(2)18)13-6-7-15(19)16(20)10-13;1-4-5-6-7-8(2)3;1-2/h3-6,8-10,15,19-20H,1,7,17H2,2H3;4-7H,1H2,2-3H3;1-2H3/b8-4-,12-5+,14-9+;6-5-;. The Bertz CT molecular complexity index is 768. The Hall–Kier alpha value is -3.11. The monoisotopic (exact) mass is 411 g/mol. The van der Waals surface area contributed by atoms with E-state index >= 15 is 0 Å². The van der Waals surface area contributed by atoms with Crippen molar-refractivity contribution < 1.29 is 15.0 Å². The van der Waals surface area contributed by atoms with Crippen molar-refractivity contribution in [1.82, 2.24) is 0 Å². The molecule has 0 bridgehead atoms. The lowest BCUT2D eigenvalue weighted by Crippen LogP contribution is -2.13. The summed E-state index contributed by atoms with van der Waals surface area (Å²) in [5.74, 6) is -0.237. The molecule has 4 N–H and O–H groups in total. The summed E-state index contributed by atoms with van der Waals surface area (Å²) in [7, 11) is 0. The van der Waals surface area contributed by atoms with Crippen LogP contribution >= 0.6 is 0 Å². The van der Waals surface area contributed by atoms with E-state index in [1.54, 1.807) is 30.4 Å². The van der Waals surface area contributed by atoms with Crippen molar-refractivity contribution >= 4 is 5.78 Å². The molecular formula is C26H37NO3. The maximum atomic E-state index is 11.4. The van der Waals surface area contributed by atoms with Crippen molar-refractivity contribution in [3.05, 3.63) is 108 Å². The summed E-state index contributed by atoms with van der Waals surface area (Å²) in [6, 6.07) is 0. The third-order valence-corrected chi connectivity index (χ3v) is 3.46. The van der Waals surface area contributed by atoms with Crippen LogP contribution in [-0.4, -0.2) is 22.1 Å². The first-order valence-electron chi connectivity index (χ1n) is 9.92. The molecule has 4 heteroatoms. The lowest BCUT2D eigenvalue weighted by molar-refractivity contribution is -0.112. The van der Waals surface area contributed by atoms with E-state index in [0.29, 0.717) is 23.1 Å². The van der Waals surface area contributed by atoms with E-state index in [2.05, 4.69) is 27.0 Å². The molecule has 1 atom stereocenters. The lowest BCUT2D eigenvalue weighted by Gasteiger charge is -2.17. The van der Waals surface area contributed by atoms with Crippen molar-refractivity contribution in [2.24, 2.45) is 5.73 Å². The number of hydrogen-bond acceptors (Lipinski definition) is 4. The van der Waals surface area contributed by atoms with Gasteiger partial charge in [0.15, 0.2) is 5.78 Å². The van der Waals surface area contributed by atoms with Crippen LogP contribution in [-0.2, 0) is 4.79 Å². The number of ketones is 1. The average molecular weight is 412 g/mol. The van der Waals surface area contributed by atoms with Gasteiger partial charge in [0.2, 0.25) is 0 Å². The Labute approximate surface area is 182 Å². The minimum atomic E-state index is -0.891. The fourth-order valence-corrected chi connectivity index (χ4v) is 2.15. The number of allylic oxidation sites excluding steroid dienone is 13. The normalized spacial score (nSPS) is 16.4. The molecule has 0 saturated carbocycles. The zero-order valence-electron chi connectivity index (χ0n) is 18.9. The Morgan fingerprint density at radius 3 is 2.20 bits per heavy atom. The van der Waals surface area contributed by atoms with Crippen molar-refractivity contribution in [1.29, 1.82) is 0 Å². The Morgan fingerprint density at radius 2 is 1.77 bits per heavy atom. The molecule has 0 heterocycles. The lowest BCUT2D eigenvalue weighted by atomic mass is 9.91. The molecular weight excluding hydrogens is 374 g/mol. The van der Waals surface area contributed by atoms with Crippen molar-refractivity contribution in [2.75, 3.05) is 0 Å². The van der Waals surface area contributed by atoms with Crippen LogP contribution in [0.3, 0.4) is 0 Å². The highest BCUT2D eigenvalue weighted by atomic mass is 16.3. The molecule has 0 aromatic rings. The van der Waals surface area contributed by atoms with Crippen LogP contribution < -0.4 is 5.73 Å². The first-order valence-corrected chi connectivity index (χ1v) is 9.92. The highest BCUT2D eigenvalue weighted by Gasteiger charge is 2.17. The minimum absolute atomic E-state index is 0.116. The van der Waals surface area contributed by atoms with E-state index in [9.17, 15) is 15.0 Å². The van der Waals surface area contributed by atoms with E-state index in [-0.39, 0.29) is 11.5 Å². The molecule has 1 aliphatic carbocycles. The first kappa shape index (κ1) is 29.1. The van der Waals surface area contributed by atoms with Crippen LogP contribution in [0.15, 0.2) is 108 Å². The molecule has 4 nitrogen and oxygen atoms in total. The van der Waals surface area contributed by atoms with Crippen LogP contribution in [0.1, 0.15) is 41.0 Å². The molecule has 0 spiro atoms. The van der Waals surface area contributed by atoms with Gasteiger partial charge >= 0.3 is 0 Å². The fourth-order valence-electron chi connectivity index (χ4n) is 2.15. The Balaban J connectivity index is 0. The number of aliphatic hydroxyl groups is 2. The van der Waals surface area contributed by atoms with E-state index in [1.165, 1.54) is 30.8 Å². The molecule has 0 fully saturated rings. The molecule has 1 rings (SSSR count). The number of rotatable bonds is 7. The predicted molar refractivity (Wildman–Crippen MR) is 130 cm³/mol. The number of aliphatic hydroxyl groups excluding tert-OH is 2. The van der Waals surface area contributed by atoms with E-state index in [0.717, 1.165) is 0 Å². The molecule has 0 aromatic heterocycles. The molecule has 30 heavy (non-hydrogen) atoms. The number of carbonyl (C=O) groups excluding carboxylic acids is 1. The van der Waals surface area contributed by atoms with Crippen LogP contribution in [0.2, 0.25) is 0 Å². The number of nitrogens with two attached hydrogens (primary N) is 1. The topological polar surface area (TPSA) is 83.6 Å². The maximum absolute atomic E-state index is 11.4. The molecule has 0 radical (unpaired) electrons. The summed E-state index contributed by atoms with van der Waals surface area (Å²) in [6.07, 6.45) is 18.1. The maximum Gasteiger partial charge on any atom is 0.153 e. The smallest absolute Gasteiger partial charge is 0.153 e. The molecule has 0 aromatic carbocycles. The number of hydrogen-bond donors (Lipinski definition) is 3. The summed E-state index contributed by atoms with van der Waals surface area (Å²) < 4.78 is 0. The summed E-state index contributed by atoms with van der Waals surface area (Å²) in [4.78, 5) is 11.4.